The van der Waals surface area contributed by atoms with Gasteiger partial charge in [0.15, 0.2) is 0 Å². The molecule has 0 aliphatic carbocycles. The summed E-state index contributed by atoms with van der Waals surface area (Å²) in [4.78, 5) is 4.96. The van der Waals surface area contributed by atoms with E-state index in [0.717, 1.165) is 114 Å². The van der Waals surface area contributed by atoms with Gasteiger partial charge in [-0.3, -0.25) is 0 Å². The Morgan fingerprint density at radius 1 is 0.407 bits per heavy atom. The van der Waals surface area contributed by atoms with Crippen molar-refractivity contribution in [3.8, 4) is 84.3 Å². The molecule has 12 aromatic carbocycles. The molecule has 0 N–H and O–H groups in total. The monoisotopic (exact) mass is 1290 g/mol. The third-order valence-electron chi connectivity index (χ3n) is 16.3. The fourth-order valence-electron chi connectivity index (χ4n) is 12.4. The number of fused-ring (bicyclic) bond motifs is 7. The van der Waals surface area contributed by atoms with Gasteiger partial charge in [0, 0.05) is 11.8 Å². The van der Waals surface area contributed by atoms with E-state index >= 15 is 0 Å². The summed E-state index contributed by atoms with van der Waals surface area (Å²) in [5.74, 6) is 1.47. The molecule has 0 fully saturated rings. The first-order valence-corrected chi connectivity index (χ1v) is 29.6. The minimum absolute atomic E-state index is 0.104. The zero-order valence-corrected chi connectivity index (χ0v) is 48.6. The maximum atomic E-state index is 8.77. The zero-order chi connectivity index (χ0) is 61.6. The Labute approximate surface area is 515 Å². The summed E-state index contributed by atoms with van der Waals surface area (Å²) in [5, 5.41) is 4.01. The van der Waals surface area contributed by atoms with Gasteiger partial charge in [-0.25, -0.2) is 0 Å². The molecule has 86 heavy (non-hydrogen) atoms. The quantitative estimate of drug-likeness (QED) is 0.128. The van der Waals surface area contributed by atoms with Gasteiger partial charge in [-0.1, -0.05) is 42.3 Å². The average molecular weight is 1290 g/mol. The van der Waals surface area contributed by atoms with Crippen LogP contribution in [0.2, 0.25) is 0 Å². The van der Waals surface area contributed by atoms with Crippen LogP contribution < -0.4 is 4.74 Å². The van der Waals surface area contributed by atoms with Crippen molar-refractivity contribution in [1.29, 1.82) is 0 Å². The van der Waals surface area contributed by atoms with E-state index in [9.17, 15) is 0 Å². The number of hydrogen-bond acceptors (Lipinski definition) is 2. The van der Waals surface area contributed by atoms with Crippen LogP contribution in [-0.4, -0.2) is 23.1 Å². The van der Waals surface area contributed by atoms with Gasteiger partial charge in [0.05, 0.1) is 6.85 Å². The first-order chi connectivity index (χ1) is 44.6. The molecular formula is C79H51N5OPt-2. The first kappa shape index (κ1) is 45.8. The number of rotatable bonds is 10. The van der Waals surface area contributed by atoms with E-state index in [2.05, 4.69) is 263 Å². The van der Waals surface area contributed by atoms with Gasteiger partial charge >= 0.3 is 439 Å². The number of pyridine rings is 1. The number of imidazole rings is 1. The van der Waals surface area contributed by atoms with Gasteiger partial charge in [0.1, 0.15) is 0 Å². The van der Waals surface area contributed by atoms with Crippen LogP contribution in [0.5, 0.6) is 11.5 Å². The van der Waals surface area contributed by atoms with Gasteiger partial charge in [-0.2, -0.15) is 0 Å². The molecule has 0 saturated heterocycles. The van der Waals surface area contributed by atoms with E-state index in [1.807, 2.05) is 47.9 Å². The predicted octanol–water partition coefficient (Wildman–Crippen LogP) is 20.1. The van der Waals surface area contributed by atoms with Crippen molar-refractivity contribution in [2.24, 2.45) is 0 Å². The summed E-state index contributed by atoms with van der Waals surface area (Å²) in [7, 11) is 0. The summed E-state index contributed by atoms with van der Waals surface area (Å²) < 4.78 is 59.8. The number of hydrogen-bond donors (Lipinski definition) is 0. The van der Waals surface area contributed by atoms with Crippen molar-refractivity contribution in [2.45, 2.75) is 6.92 Å². The normalized spacial score (nSPS) is 12.4. The second-order valence-electron chi connectivity index (χ2n) is 21.3. The molecule has 4 heterocycles. The van der Waals surface area contributed by atoms with Crippen LogP contribution in [-0.2, 0) is 19.4 Å². The summed E-state index contributed by atoms with van der Waals surface area (Å²) in [6.45, 7) is 1.87. The Morgan fingerprint density at radius 3 is 1.56 bits per heavy atom. The number of aromatic nitrogens is 5. The second-order valence-corrected chi connectivity index (χ2v) is 22.3. The van der Waals surface area contributed by atoms with Crippen molar-refractivity contribution in [3.05, 3.63) is 313 Å². The van der Waals surface area contributed by atoms with Crippen LogP contribution in [0.25, 0.3) is 133 Å². The van der Waals surface area contributed by atoms with Crippen LogP contribution in [0.1, 0.15) is 12.4 Å². The van der Waals surface area contributed by atoms with Gasteiger partial charge < -0.3 is 0 Å². The average Bonchev–Trinajstić information content (AvgIpc) is 1.64. The van der Waals surface area contributed by atoms with E-state index in [0.29, 0.717) is 34.0 Å². The van der Waals surface area contributed by atoms with Gasteiger partial charge in [-0.15, -0.1) is 0 Å². The van der Waals surface area contributed by atoms with Crippen LogP contribution in [0.3, 0.4) is 0 Å². The van der Waals surface area contributed by atoms with Crippen LogP contribution in [0, 0.1) is 22.9 Å². The van der Waals surface area contributed by atoms with Crippen LogP contribution in [0.15, 0.2) is 291 Å². The van der Waals surface area contributed by atoms with E-state index < -0.39 is 18.1 Å². The van der Waals surface area contributed by atoms with Gasteiger partial charge in [-0.05, 0) is 18.1 Å². The van der Waals surface area contributed by atoms with E-state index in [-0.39, 0.29) is 17.6 Å². The molecule has 0 atom stereocenters. The number of nitrogens with zero attached hydrogens (tertiary/aromatic N) is 5. The van der Waals surface area contributed by atoms with Gasteiger partial charge in [0.25, 0.3) is 0 Å². The summed E-state index contributed by atoms with van der Waals surface area (Å²) in [6, 6.07) is 95.2. The molecule has 7 heteroatoms. The molecule has 16 aromatic rings. The Kier molecular flexibility index (Phi) is 11.3. The molecule has 0 radical (unpaired) electrons. The number of para-hydroxylation sites is 4. The second kappa shape index (κ2) is 21.2. The predicted molar refractivity (Wildman–Crippen MR) is 349 cm³/mol. The summed E-state index contributed by atoms with van der Waals surface area (Å²) in [5.41, 5.74) is 18.1. The Morgan fingerprint density at radius 2 is 0.930 bits per heavy atom. The van der Waals surface area contributed by atoms with Crippen molar-refractivity contribution in [3.63, 3.8) is 0 Å². The number of aryl methyl sites for hydroxylation is 1. The SMILES string of the molecule is [2H]c1c([2H])c([2H])c(-c2cnc(-n3c4[c-]c(Oc5[c-]c6c(cc5)n(-c5cc(-c7ccccc7)cc(-c7ccccc7)c5)c5ccccc5c5cccc7c5n6[c](=[Pt])n7-c5c(-c6ccccc6)cccc5-c5ccccc5)ccc4c4ccccc43)cc2C)c([2H])c1[2H]. The molecule has 0 aliphatic heterocycles. The van der Waals surface area contributed by atoms with E-state index in [4.69, 9.17) is 16.6 Å². The molecule has 0 bridgehead atoms. The van der Waals surface area contributed by atoms with Crippen LogP contribution >= 0.6 is 0 Å². The molecule has 0 saturated carbocycles. The Balaban J connectivity index is 0.974. The molecule has 4 aromatic heterocycles. The Hall–Kier alpha value is -10.7. The minimum atomic E-state index is -0.442. The fourth-order valence-corrected chi connectivity index (χ4v) is 13.5. The Bertz CT molecular complexity index is 5580. The molecule has 0 spiro atoms. The zero-order valence-electron chi connectivity index (χ0n) is 51.3. The van der Waals surface area contributed by atoms with E-state index in [1.165, 1.54) is 0 Å². The molecule has 6 nitrogen and oxygen atoms in total. The first-order valence-electron chi connectivity index (χ1n) is 30.9. The third-order valence-corrected chi connectivity index (χ3v) is 17.3. The van der Waals surface area contributed by atoms with Gasteiger partial charge in [0.2, 0.25) is 0 Å². The van der Waals surface area contributed by atoms with E-state index in [1.54, 1.807) is 6.20 Å². The smallest absolute Gasteiger partial charge is 0.0616 e. The van der Waals surface area contributed by atoms with Crippen LogP contribution in [0.4, 0.5) is 0 Å². The molecular weight excluding hydrogens is 1230 g/mol. The summed E-state index contributed by atoms with van der Waals surface area (Å²) in [6.07, 6.45) is 1.60. The number of ether oxygens (including phenoxy) is 1. The van der Waals surface area contributed by atoms with Crippen molar-refractivity contribution < 1.29 is 30.9 Å². The van der Waals surface area contributed by atoms with Crippen molar-refractivity contribution in [2.75, 3.05) is 0 Å². The minimum Gasteiger partial charge on any atom is -0.0616 e. The molecule has 16 rings (SSSR count). The fraction of sp³-hybridized carbons (Fsp3) is 0.0127. The standard InChI is InChI=1S/C79H51N5O.Pt/c1-53-45-77(80-51-70(53)58-31-15-6-16-32-58)84-72-39-20-17-33-66(72)68-43-41-62(49-75(68)84)85-63-42-44-73-76(50-63)82-52-81(78-64(56-27-11-4-12-28-56)35-21-36-65(78)57-29-13-5-14-30-57)74-40-22-37-69(79(74)82)67-34-18-19-38-71(67)83(73)61-47-59(54-23-7-2-8-24-54)46-60(48-61)55-25-9-3-10-26-55;/h2-48,51H,1H3;/q-2;/i6D,15D,16D,31D,32D;. The molecule has 0 aliphatic rings. The molecule has 410 valence electrons. The number of benzene rings is 12. The van der Waals surface area contributed by atoms with Crippen molar-refractivity contribution >= 4 is 60.2 Å². The molecule has 0 unspecified atom stereocenters. The third kappa shape index (κ3) is 8.68. The maximum absolute atomic E-state index is 8.77. The topological polar surface area (TPSA) is 41.3 Å². The molecule has 0 amide bonds. The summed E-state index contributed by atoms with van der Waals surface area (Å²) >= 11 is 2.53. The van der Waals surface area contributed by atoms with Crippen molar-refractivity contribution in [1.82, 2.24) is 23.1 Å².